The van der Waals surface area contributed by atoms with Crippen LogP contribution in [0, 0.1) is 5.41 Å². The molecule has 1 fully saturated rings. The fourth-order valence-corrected chi connectivity index (χ4v) is 1.60. The SMILES string of the molecule is CC(C)(C)COCCCOC1CCCCO1. The molecule has 3 heteroatoms. The second-order valence-corrected chi connectivity index (χ2v) is 5.63. The van der Waals surface area contributed by atoms with E-state index in [1.54, 1.807) is 0 Å². The fourth-order valence-electron chi connectivity index (χ4n) is 1.60. The van der Waals surface area contributed by atoms with E-state index in [-0.39, 0.29) is 11.7 Å². The second-order valence-electron chi connectivity index (χ2n) is 5.63. The first-order valence-corrected chi connectivity index (χ1v) is 6.39. The lowest BCUT2D eigenvalue weighted by Gasteiger charge is -2.23. The molecule has 0 spiro atoms. The lowest BCUT2D eigenvalue weighted by atomic mass is 9.99. The fraction of sp³-hybridized carbons (Fsp3) is 1.00. The Kier molecular flexibility index (Phi) is 6.32. The van der Waals surface area contributed by atoms with Crippen LogP contribution in [0.2, 0.25) is 0 Å². The molecule has 0 aromatic carbocycles. The van der Waals surface area contributed by atoms with Crippen molar-refractivity contribution in [3.8, 4) is 0 Å². The molecule has 0 aromatic rings. The van der Waals surface area contributed by atoms with Gasteiger partial charge in [-0.2, -0.15) is 0 Å². The van der Waals surface area contributed by atoms with Gasteiger partial charge in [-0.1, -0.05) is 20.8 Å². The quantitative estimate of drug-likeness (QED) is 0.657. The third-order valence-electron chi connectivity index (χ3n) is 2.41. The zero-order valence-electron chi connectivity index (χ0n) is 11.0. The Morgan fingerprint density at radius 3 is 2.62 bits per heavy atom. The Hall–Kier alpha value is -0.120. The van der Waals surface area contributed by atoms with Crippen LogP contribution < -0.4 is 0 Å². The van der Waals surface area contributed by atoms with Gasteiger partial charge in [0.15, 0.2) is 6.29 Å². The average Bonchev–Trinajstić information content (AvgIpc) is 2.23. The van der Waals surface area contributed by atoms with E-state index >= 15 is 0 Å². The highest BCUT2D eigenvalue weighted by Crippen LogP contribution is 2.14. The molecule has 1 unspecified atom stereocenters. The van der Waals surface area contributed by atoms with Gasteiger partial charge in [-0.05, 0) is 31.1 Å². The van der Waals surface area contributed by atoms with E-state index in [1.165, 1.54) is 12.8 Å². The van der Waals surface area contributed by atoms with Crippen molar-refractivity contribution in [1.82, 2.24) is 0 Å². The van der Waals surface area contributed by atoms with E-state index in [4.69, 9.17) is 14.2 Å². The van der Waals surface area contributed by atoms with Crippen molar-refractivity contribution in [2.24, 2.45) is 5.41 Å². The lowest BCUT2D eigenvalue weighted by molar-refractivity contribution is -0.164. The van der Waals surface area contributed by atoms with Gasteiger partial charge >= 0.3 is 0 Å². The van der Waals surface area contributed by atoms with Gasteiger partial charge in [0.2, 0.25) is 0 Å². The second kappa shape index (κ2) is 7.25. The van der Waals surface area contributed by atoms with E-state index in [1.807, 2.05) is 0 Å². The van der Waals surface area contributed by atoms with Crippen molar-refractivity contribution in [3.63, 3.8) is 0 Å². The number of rotatable bonds is 6. The number of hydrogen-bond acceptors (Lipinski definition) is 3. The van der Waals surface area contributed by atoms with Gasteiger partial charge in [-0.25, -0.2) is 0 Å². The first-order chi connectivity index (χ1) is 7.58. The molecule has 0 saturated carbocycles. The van der Waals surface area contributed by atoms with Crippen molar-refractivity contribution in [3.05, 3.63) is 0 Å². The molecule has 1 atom stereocenters. The van der Waals surface area contributed by atoms with Crippen LogP contribution in [-0.2, 0) is 14.2 Å². The minimum absolute atomic E-state index is 0.0383. The van der Waals surface area contributed by atoms with Gasteiger partial charge < -0.3 is 14.2 Å². The minimum Gasteiger partial charge on any atom is -0.381 e. The molecule has 96 valence electrons. The lowest BCUT2D eigenvalue weighted by Crippen LogP contribution is -2.23. The number of hydrogen-bond donors (Lipinski definition) is 0. The van der Waals surface area contributed by atoms with Crippen molar-refractivity contribution in [2.75, 3.05) is 26.4 Å². The standard InChI is InChI=1S/C13H26O3/c1-13(2,3)11-14-8-6-10-16-12-7-4-5-9-15-12/h12H,4-11H2,1-3H3. The summed E-state index contributed by atoms with van der Waals surface area (Å²) in [5, 5.41) is 0. The van der Waals surface area contributed by atoms with Crippen LogP contribution in [0.15, 0.2) is 0 Å². The number of ether oxygens (including phenoxy) is 3. The molecule has 0 aromatic heterocycles. The molecule has 1 aliphatic rings. The van der Waals surface area contributed by atoms with Crippen LogP contribution in [-0.4, -0.2) is 32.7 Å². The summed E-state index contributed by atoms with van der Waals surface area (Å²) in [4.78, 5) is 0. The molecule has 0 bridgehead atoms. The summed E-state index contributed by atoms with van der Waals surface area (Å²) in [6, 6.07) is 0. The Labute approximate surface area is 99.5 Å². The van der Waals surface area contributed by atoms with E-state index in [0.29, 0.717) is 0 Å². The summed E-state index contributed by atoms with van der Waals surface area (Å²) < 4.78 is 16.7. The molecule has 0 aliphatic carbocycles. The Morgan fingerprint density at radius 1 is 1.19 bits per heavy atom. The molecule has 0 amide bonds. The first-order valence-electron chi connectivity index (χ1n) is 6.39. The maximum Gasteiger partial charge on any atom is 0.157 e. The van der Waals surface area contributed by atoms with Crippen LogP contribution in [0.25, 0.3) is 0 Å². The zero-order chi connectivity index (χ0) is 11.9. The van der Waals surface area contributed by atoms with Crippen LogP contribution >= 0.6 is 0 Å². The Balaban J connectivity index is 1.87. The molecular weight excluding hydrogens is 204 g/mol. The highest BCUT2D eigenvalue weighted by Gasteiger charge is 2.13. The van der Waals surface area contributed by atoms with Crippen molar-refractivity contribution < 1.29 is 14.2 Å². The minimum atomic E-state index is 0.0383. The molecule has 1 aliphatic heterocycles. The highest BCUT2D eigenvalue weighted by molar-refractivity contribution is 4.58. The summed E-state index contributed by atoms with van der Waals surface area (Å²) in [6.45, 7) is 9.73. The van der Waals surface area contributed by atoms with Crippen molar-refractivity contribution in [2.45, 2.75) is 52.7 Å². The third-order valence-corrected chi connectivity index (χ3v) is 2.41. The van der Waals surface area contributed by atoms with Crippen LogP contribution in [0.1, 0.15) is 46.5 Å². The summed E-state index contributed by atoms with van der Waals surface area (Å²) >= 11 is 0. The normalized spacial score (nSPS) is 22.3. The van der Waals surface area contributed by atoms with Crippen molar-refractivity contribution >= 4 is 0 Å². The summed E-state index contributed by atoms with van der Waals surface area (Å²) in [6.07, 6.45) is 4.44. The molecule has 0 radical (unpaired) electrons. The molecule has 1 heterocycles. The summed E-state index contributed by atoms with van der Waals surface area (Å²) in [5.74, 6) is 0. The molecule has 0 N–H and O–H groups in total. The van der Waals surface area contributed by atoms with E-state index in [2.05, 4.69) is 20.8 Å². The highest BCUT2D eigenvalue weighted by atomic mass is 16.7. The molecule has 1 saturated heterocycles. The Morgan fingerprint density at radius 2 is 2.00 bits per heavy atom. The topological polar surface area (TPSA) is 27.7 Å². The molecule has 3 nitrogen and oxygen atoms in total. The maximum atomic E-state index is 5.61. The van der Waals surface area contributed by atoms with Gasteiger partial charge in [0.1, 0.15) is 0 Å². The van der Waals surface area contributed by atoms with Crippen LogP contribution in [0.3, 0.4) is 0 Å². The third kappa shape index (κ3) is 7.20. The average molecular weight is 230 g/mol. The molecule has 1 rings (SSSR count). The van der Waals surface area contributed by atoms with Gasteiger partial charge in [0.25, 0.3) is 0 Å². The van der Waals surface area contributed by atoms with E-state index < -0.39 is 0 Å². The van der Waals surface area contributed by atoms with Gasteiger partial charge in [-0.15, -0.1) is 0 Å². The molecule has 16 heavy (non-hydrogen) atoms. The van der Waals surface area contributed by atoms with Crippen LogP contribution in [0.5, 0.6) is 0 Å². The monoisotopic (exact) mass is 230 g/mol. The van der Waals surface area contributed by atoms with E-state index in [9.17, 15) is 0 Å². The summed E-state index contributed by atoms with van der Waals surface area (Å²) in [5.41, 5.74) is 0.257. The smallest absolute Gasteiger partial charge is 0.157 e. The van der Waals surface area contributed by atoms with Gasteiger partial charge in [0, 0.05) is 13.2 Å². The predicted octanol–water partition coefficient (Wildman–Crippen LogP) is 2.98. The van der Waals surface area contributed by atoms with Gasteiger partial charge in [-0.3, -0.25) is 0 Å². The molecular formula is C13H26O3. The summed E-state index contributed by atoms with van der Waals surface area (Å²) in [7, 11) is 0. The largest absolute Gasteiger partial charge is 0.381 e. The van der Waals surface area contributed by atoms with Crippen molar-refractivity contribution in [1.29, 1.82) is 0 Å². The first kappa shape index (κ1) is 13.9. The van der Waals surface area contributed by atoms with Crippen LogP contribution in [0.4, 0.5) is 0 Å². The maximum absolute atomic E-state index is 5.61. The van der Waals surface area contributed by atoms with Gasteiger partial charge in [0.05, 0.1) is 13.2 Å². The van der Waals surface area contributed by atoms with E-state index in [0.717, 1.165) is 39.3 Å². The zero-order valence-corrected chi connectivity index (χ0v) is 11.0. The Bertz CT molecular complexity index is 169. The predicted molar refractivity (Wildman–Crippen MR) is 64.4 cm³/mol.